The highest BCUT2D eigenvalue weighted by Crippen LogP contribution is 2.31. The molecule has 2 atom stereocenters. The van der Waals surface area contributed by atoms with Crippen molar-refractivity contribution in [2.45, 2.75) is 45.2 Å². The van der Waals surface area contributed by atoms with Crippen molar-refractivity contribution in [3.8, 4) is 33.8 Å². The Morgan fingerprint density at radius 2 is 1.94 bits per heavy atom. The molecule has 1 aliphatic rings. The fourth-order valence-corrected chi connectivity index (χ4v) is 5.05. The molecule has 0 amide bonds. The number of halogens is 1. The van der Waals surface area contributed by atoms with E-state index in [4.69, 9.17) is 10.7 Å². The van der Waals surface area contributed by atoms with E-state index in [-0.39, 0.29) is 5.82 Å². The fourth-order valence-electron chi connectivity index (χ4n) is 5.05. The Hall–Kier alpha value is -3.98. The molecule has 0 aromatic carbocycles. The van der Waals surface area contributed by atoms with Crippen LogP contribution in [0.25, 0.3) is 44.8 Å². The molecule has 0 bridgehead atoms. The predicted octanol–water partition coefficient (Wildman–Crippen LogP) is 4.91. The quantitative estimate of drug-likeness (QED) is 0.368. The van der Waals surface area contributed by atoms with Gasteiger partial charge in [0.2, 0.25) is 0 Å². The average molecular weight is 483 g/mol. The highest BCUT2D eigenvalue weighted by Gasteiger charge is 2.20. The molecule has 8 nitrogen and oxygen atoms in total. The topological polar surface area (TPSA) is 111 Å². The zero-order valence-corrected chi connectivity index (χ0v) is 20.0. The van der Waals surface area contributed by atoms with Crippen LogP contribution in [0, 0.1) is 18.7 Å². The maximum atomic E-state index is 13.7. The zero-order chi connectivity index (χ0) is 24.6. The number of nitrogens with zero attached hydrogens (tertiary/aromatic N) is 6. The fraction of sp³-hybridized carbons (Fsp3) is 0.296. The lowest BCUT2D eigenvalue weighted by Crippen LogP contribution is -2.29. The lowest BCUT2D eigenvalue weighted by atomic mass is 9.86. The van der Waals surface area contributed by atoms with Gasteiger partial charge in [0.05, 0.1) is 34.3 Å². The maximum Gasteiger partial charge on any atom is 0.144 e. The van der Waals surface area contributed by atoms with E-state index in [1.807, 2.05) is 35.3 Å². The molecule has 5 heterocycles. The summed E-state index contributed by atoms with van der Waals surface area (Å²) in [5, 5.41) is 11.8. The number of nitrogens with one attached hydrogen (secondary N) is 1. The van der Waals surface area contributed by atoms with Gasteiger partial charge in [0, 0.05) is 47.9 Å². The summed E-state index contributed by atoms with van der Waals surface area (Å²) in [7, 11) is 0. The average Bonchev–Trinajstić information content (AvgIpc) is 3.55. The lowest BCUT2D eigenvalue weighted by Gasteiger charge is -2.26. The molecule has 5 aromatic rings. The molecule has 5 aromatic heterocycles. The lowest BCUT2D eigenvalue weighted by molar-refractivity contribution is 0.282. The van der Waals surface area contributed by atoms with Crippen molar-refractivity contribution in [3.63, 3.8) is 0 Å². The molecule has 0 aliphatic heterocycles. The predicted molar refractivity (Wildman–Crippen MR) is 136 cm³/mol. The SMILES string of the molecule is Cc1nc(-c2n[nH]cc2-c2ccc3ncc(-c4cnn(C[C@H]5CCC[C@@H](N)C5)c4)cc3n2)ccc1F. The number of nitrogens with two attached hydrogens (primary N) is 1. The van der Waals surface area contributed by atoms with Gasteiger partial charge in [-0.1, -0.05) is 6.42 Å². The molecule has 1 aliphatic carbocycles. The smallest absolute Gasteiger partial charge is 0.144 e. The molecule has 182 valence electrons. The second kappa shape index (κ2) is 9.23. The minimum Gasteiger partial charge on any atom is -0.328 e. The first-order valence-electron chi connectivity index (χ1n) is 12.3. The minimum absolute atomic E-state index is 0.308. The third kappa shape index (κ3) is 4.37. The van der Waals surface area contributed by atoms with Gasteiger partial charge in [0.1, 0.15) is 11.5 Å². The van der Waals surface area contributed by atoms with E-state index >= 15 is 0 Å². The number of hydrogen-bond acceptors (Lipinski definition) is 6. The van der Waals surface area contributed by atoms with Gasteiger partial charge in [-0.3, -0.25) is 14.8 Å². The second-order valence-corrected chi connectivity index (χ2v) is 9.61. The Morgan fingerprint density at radius 3 is 2.81 bits per heavy atom. The molecule has 6 rings (SSSR count). The van der Waals surface area contributed by atoms with Crippen LogP contribution in [0.2, 0.25) is 0 Å². The molecule has 36 heavy (non-hydrogen) atoms. The van der Waals surface area contributed by atoms with E-state index in [1.165, 1.54) is 18.9 Å². The van der Waals surface area contributed by atoms with Crippen LogP contribution in [0.3, 0.4) is 0 Å². The number of aromatic amines is 1. The zero-order valence-electron chi connectivity index (χ0n) is 20.0. The first-order chi connectivity index (χ1) is 17.5. The summed E-state index contributed by atoms with van der Waals surface area (Å²) in [4.78, 5) is 13.8. The molecule has 0 saturated heterocycles. The highest BCUT2D eigenvalue weighted by molar-refractivity contribution is 5.84. The van der Waals surface area contributed by atoms with E-state index in [1.54, 1.807) is 19.2 Å². The molecule has 0 radical (unpaired) electrons. The van der Waals surface area contributed by atoms with Crippen molar-refractivity contribution >= 4 is 11.0 Å². The number of rotatable bonds is 5. The van der Waals surface area contributed by atoms with Crippen molar-refractivity contribution in [2.75, 3.05) is 0 Å². The van der Waals surface area contributed by atoms with Crippen LogP contribution in [0.1, 0.15) is 31.4 Å². The van der Waals surface area contributed by atoms with Crippen LogP contribution < -0.4 is 5.73 Å². The Labute approximate surface area is 207 Å². The van der Waals surface area contributed by atoms with E-state index in [2.05, 4.69) is 31.5 Å². The van der Waals surface area contributed by atoms with Crippen LogP contribution in [-0.2, 0) is 6.54 Å². The summed E-state index contributed by atoms with van der Waals surface area (Å²) in [5.41, 5.74) is 12.8. The van der Waals surface area contributed by atoms with Crippen LogP contribution >= 0.6 is 0 Å². The van der Waals surface area contributed by atoms with Crippen LogP contribution in [0.5, 0.6) is 0 Å². The largest absolute Gasteiger partial charge is 0.328 e. The van der Waals surface area contributed by atoms with E-state index in [9.17, 15) is 4.39 Å². The third-order valence-corrected chi connectivity index (χ3v) is 6.95. The maximum absolute atomic E-state index is 13.7. The van der Waals surface area contributed by atoms with Gasteiger partial charge in [-0.2, -0.15) is 10.2 Å². The summed E-state index contributed by atoms with van der Waals surface area (Å²) >= 11 is 0. The number of hydrogen-bond donors (Lipinski definition) is 2. The van der Waals surface area contributed by atoms with Gasteiger partial charge in [-0.25, -0.2) is 14.4 Å². The molecule has 3 N–H and O–H groups in total. The summed E-state index contributed by atoms with van der Waals surface area (Å²) in [5.74, 6) is 0.230. The van der Waals surface area contributed by atoms with E-state index in [0.29, 0.717) is 29.0 Å². The minimum atomic E-state index is -0.344. The van der Waals surface area contributed by atoms with Crippen molar-refractivity contribution < 1.29 is 4.39 Å². The Balaban J connectivity index is 1.29. The van der Waals surface area contributed by atoms with Gasteiger partial charge in [0.15, 0.2) is 0 Å². The molecule has 0 unspecified atom stereocenters. The molecular weight excluding hydrogens is 455 g/mol. The Bertz CT molecular complexity index is 1540. The second-order valence-electron chi connectivity index (χ2n) is 9.61. The van der Waals surface area contributed by atoms with Gasteiger partial charge >= 0.3 is 0 Å². The first kappa shape index (κ1) is 22.5. The molecule has 1 fully saturated rings. The third-order valence-electron chi connectivity index (χ3n) is 6.95. The summed E-state index contributed by atoms with van der Waals surface area (Å²) in [6, 6.07) is 9.22. The summed E-state index contributed by atoms with van der Waals surface area (Å²) in [6.07, 6.45) is 12.2. The number of H-pyrrole nitrogens is 1. The van der Waals surface area contributed by atoms with Crippen LogP contribution in [0.15, 0.2) is 55.1 Å². The number of aryl methyl sites for hydroxylation is 1. The van der Waals surface area contributed by atoms with E-state index in [0.717, 1.165) is 52.8 Å². The number of aromatic nitrogens is 7. The van der Waals surface area contributed by atoms with Crippen LogP contribution in [0.4, 0.5) is 4.39 Å². The Kier molecular flexibility index (Phi) is 5.77. The molecule has 1 saturated carbocycles. The highest BCUT2D eigenvalue weighted by atomic mass is 19.1. The number of pyridine rings is 3. The van der Waals surface area contributed by atoms with Gasteiger partial charge in [0.25, 0.3) is 0 Å². The monoisotopic (exact) mass is 482 g/mol. The van der Waals surface area contributed by atoms with Crippen molar-refractivity contribution in [1.29, 1.82) is 0 Å². The first-order valence-corrected chi connectivity index (χ1v) is 12.3. The van der Waals surface area contributed by atoms with Gasteiger partial charge in [-0.15, -0.1) is 0 Å². The van der Waals surface area contributed by atoms with Gasteiger partial charge in [-0.05, 0) is 62.4 Å². The van der Waals surface area contributed by atoms with E-state index < -0.39 is 0 Å². The Morgan fingerprint density at radius 1 is 1.06 bits per heavy atom. The van der Waals surface area contributed by atoms with Crippen LogP contribution in [-0.4, -0.2) is 41.0 Å². The van der Waals surface area contributed by atoms with Crippen molar-refractivity contribution in [2.24, 2.45) is 11.7 Å². The summed E-state index contributed by atoms with van der Waals surface area (Å²) in [6.45, 7) is 2.52. The standard InChI is InChI=1S/C27H27FN8/c1-16-22(28)5-6-25(33-16)27-21(13-31-35-27)23-7-8-24-26(34-23)10-18(11-30-24)19-12-32-36(15-19)14-17-3-2-4-20(29)9-17/h5-8,10-13,15,17,20H,2-4,9,14,29H2,1H3,(H,31,35)/t17-,20+/m0/s1. The molecule has 0 spiro atoms. The van der Waals surface area contributed by atoms with Crippen molar-refractivity contribution in [1.82, 2.24) is 34.9 Å². The normalized spacial score (nSPS) is 18.1. The molecule has 9 heteroatoms. The number of fused-ring (bicyclic) bond motifs is 1. The summed E-state index contributed by atoms with van der Waals surface area (Å²) < 4.78 is 15.7. The van der Waals surface area contributed by atoms with Gasteiger partial charge < -0.3 is 5.73 Å². The van der Waals surface area contributed by atoms with Crippen molar-refractivity contribution in [3.05, 3.63) is 66.6 Å². The molecular formula is C27H27FN8.